The maximum absolute atomic E-state index is 13.0. The molecule has 0 spiro atoms. The first-order valence-electron chi connectivity index (χ1n) is 9.21. The number of nitrogens with zero attached hydrogens (tertiary/aromatic N) is 1. The van der Waals surface area contributed by atoms with Gasteiger partial charge in [-0.3, -0.25) is 19.7 Å². The highest BCUT2D eigenvalue weighted by molar-refractivity contribution is 6.01. The van der Waals surface area contributed by atoms with Crippen LogP contribution in [0.4, 0.5) is 5.69 Å². The number of hydrogen-bond acceptors (Lipinski definition) is 6. The molecule has 0 aromatic heterocycles. The summed E-state index contributed by atoms with van der Waals surface area (Å²) in [5.41, 5.74) is 1.45. The Balaban J connectivity index is 1.84. The standard InChI is InChI=1S/C21H23N3O5/c1-14(25)22-13-19(26)23-21(27)20(15-6-4-3-5-7-15)24(2)16-8-9-17-18(12-16)29-11-10-28-17/h3-9,12,20H,10-11,13H2,1-2H3,(H,22,25)(H,23,26,27)/t20-/m0/s1. The van der Waals surface area contributed by atoms with Crippen molar-refractivity contribution < 1.29 is 23.9 Å². The zero-order valence-corrected chi connectivity index (χ0v) is 16.3. The summed E-state index contributed by atoms with van der Waals surface area (Å²) in [5, 5.41) is 4.73. The third-order valence-corrected chi connectivity index (χ3v) is 4.44. The van der Waals surface area contributed by atoms with Crippen molar-refractivity contribution in [3.8, 4) is 11.5 Å². The molecule has 3 rings (SSSR count). The molecule has 0 radical (unpaired) electrons. The van der Waals surface area contributed by atoms with Gasteiger partial charge in [0.1, 0.15) is 19.3 Å². The van der Waals surface area contributed by atoms with Crippen LogP contribution in [0.1, 0.15) is 18.5 Å². The number of rotatable bonds is 6. The van der Waals surface area contributed by atoms with E-state index in [9.17, 15) is 14.4 Å². The van der Waals surface area contributed by atoms with Gasteiger partial charge in [0.2, 0.25) is 11.8 Å². The lowest BCUT2D eigenvalue weighted by molar-refractivity contribution is -0.132. The average molecular weight is 397 g/mol. The summed E-state index contributed by atoms with van der Waals surface area (Å²) in [6.45, 7) is 1.99. The quantitative estimate of drug-likeness (QED) is 0.765. The van der Waals surface area contributed by atoms with Crippen LogP contribution in [-0.4, -0.2) is 44.5 Å². The number of imide groups is 1. The summed E-state index contributed by atoms with van der Waals surface area (Å²) in [7, 11) is 1.76. The lowest BCUT2D eigenvalue weighted by Gasteiger charge is -2.30. The first kappa shape index (κ1) is 20.2. The largest absolute Gasteiger partial charge is 0.486 e. The number of amides is 3. The van der Waals surface area contributed by atoms with Crippen molar-refractivity contribution in [2.24, 2.45) is 0 Å². The molecule has 29 heavy (non-hydrogen) atoms. The molecule has 0 saturated heterocycles. The van der Waals surface area contributed by atoms with Crippen LogP contribution in [0, 0.1) is 0 Å². The highest BCUT2D eigenvalue weighted by Gasteiger charge is 2.28. The van der Waals surface area contributed by atoms with Crippen molar-refractivity contribution in [2.75, 3.05) is 31.7 Å². The SMILES string of the molecule is CC(=O)NCC(=O)NC(=O)[C@H](c1ccccc1)N(C)c1ccc2c(c1)OCCO2. The zero-order valence-electron chi connectivity index (χ0n) is 16.3. The topological polar surface area (TPSA) is 97.0 Å². The summed E-state index contributed by atoms with van der Waals surface area (Å²) in [4.78, 5) is 37.8. The van der Waals surface area contributed by atoms with Crippen molar-refractivity contribution in [1.29, 1.82) is 0 Å². The van der Waals surface area contributed by atoms with Gasteiger partial charge in [0, 0.05) is 25.7 Å². The van der Waals surface area contributed by atoms with E-state index in [0.717, 1.165) is 11.3 Å². The van der Waals surface area contributed by atoms with E-state index < -0.39 is 17.9 Å². The molecule has 0 fully saturated rings. The van der Waals surface area contributed by atoms with Crippen LogP contribution >= 0.6 is 0 Å². The van der Waals surface area contributed by atoms with Crippen molar-refractivity contribution in [3.05, 3.63) is 54.1 Å². The highest BCUT2D eigenvalue weighted by atomic mass is 16.6. The first-order valence-corrected chi connectivity index (χ1v) is 9.21. The van der Waals surface area contributed by atoms with E-state index in [4.69, 9.17) is 9.47 Å². The molecule has 0 unspecified atom stereocenters. The molecule has 152 valence electrons. The number of carbonyl (C=O) groups excluding carboxylic acids is 3. The number of benzene rings is 2. The number of hydrogen-bond donors (Lipinski definition) is 2. The molecule has 1 aliphatic heterocycles. The number of ether oxygens (including phenoxy) is 2. The predicted octanol–water partition coefficient (Wildman–Crippen LogP) is 1.41. The Morgan fingerprint density at radius 2 is 1.72 bits per heavy atom. The summed E-state index contributed by atoms with van der Waals surface area (Å²) < 4.78 is 11.2. The molecule has 2 aromatic carbocycles. The first-order chi connectivity index (χ1) is 14.0. The van der Waals surface area contributed by atoms with Gasteiger partial charge in [0.05, 0.1) is 6.54 Å². The normalized spacial score (nSPS) is 13.2. The molecule has 1 heterocycles. The van der Waals surface area contributed by atoms with E-state index in [-0.39, 0.29) is 12.5 Å². The Morgan fingerprint density at radius 3 is 2.41 bits per heavy atom. The molecule has 0 saturated carbocycles. The second-order valence-electron chi connectivity index (χ2n) is 6.57. The molecule has 2 N–H and O–H groups in total. The third kappa shape index (κ3) is 5.04. The molecule has 1 aliphatic rings. The fourth-order valence-corrected chi connectivity index (χ4v) is 3.04. The molecule has 2 aromatic rings. The van der Waals surface area contributed by atoms with Crippen LogP contribution in [0.3, 0.4) is 0 Å². The van der Waals surface area contributed by atoms with E-state index >= 15 is 0 Å². The van der Waals surface area contributed by atoms with Gasteiger partial charge in [-0.05, 0) is 17.7 Å². The molecule has 3 amide bonds. The highest BCUT2D eigenvalue weighted by Crippen LogP contribution is 2.36. The van der Waals surface area contributed by atoms with E-state index in [0.29, 0.717) is 24.7 Å². The lowest BCUT2D eigenvalue weighted by Crippen LogP contribution is -2.45. The van der Waals surface area contributed by atoms with Gasteiger partial charge in [0.25, 0.3) is 5.91 Å². The van der Waals surface area contributed by atoms with Gasteiger partial charge in [-0.25, -0.2) is 0 Å². The fraction of sp³-hybridized carbons (Fsp3) is 0.286. The summed E-state index contributed by atoms with van der Waals surface area (Å²) in [5.74, 6) is -0.166. The molecular weight excluding hydrogens is 374 g/mol. The minimum atomic E-state index is -0.764. The minimum absolute atomic E-state index is 0.268. The smallest absolute Gasteiger partial charge is 0.253 e. The number of carbonyl (C=O) groups is 3. The average Bonchev–Trinajstić information content (AvgIpc) is 2.72. The Labute approximate surface area is 168 Å². The molecule has 8 heteroatoms. The van der Waals surface area contributed by atoms with E-state index in [1.54, 1.807) is 24.1 Å². The van der Waals surface area contributed by atoms with E-state index in [2.05, 4.69) is 10.6 Å². The Morgan fingerprint density at radius 1 is 1.03 bits per heavy atom. The third-order valence-electron chi connectivity index (χ3n) is 4.44. The fourth-order valence-electron chi connectivity index (χ4n) is 3.04. The number of anilines is 1. The van der Waals surface area contributed by atoms with Gasteiger partial charge in [-0.15, -0.1) is 0 Å². The second-order valence-corrected chi connectivity index (χ2v) is 6.57. The van der Waals surface area contributed by atoms with Gasteiger partial charge in [-0.1, -0.05) is 30.3 Å². The molecule has 0 bridgehead atoms. The zero-order chi connectivity index (χ0) is 20.8. The van der Waals surface area contributed by atoms with Crippen molar-refractivity contribution in [2.45, 2.75) is 13.0 Å². The van der Waals surface area contributed by atoms with Gasteiger partial charge < -0.3 is 19.7 Å². The maximum atomic E-state index is 13.0. The molecule has 0 aliphatic carbocycles. The number of likely N-dealkylation sites (N-methyl/N-ethyl adjacent to an activating group) is 1. The summed E-state index contributed by atoms with van der Waals surface area (Å²) in [6, 6.07) is 13.8. The number of fused-ring (bicyclic) bond motifs is 1. The van der Waals surface area contributed by atoms with Crippen molar-refractivity contribution >= 4 is 23.4 Å². The van der Waals surface area contributed by atoms with Crippen LogP contribution in [0.15, 0.2) is 48.5 Å². The van der Waals surface area contributed by atoms with Crippen molar-refractivity contribution in [3.63, 3.8) is 0 Å². The molecule has 8 nitrogen and oxygen atoms in total. The Bertz CT molecular complexity index is 900. The minimum Gasteiger partial charge on any atom is -0.486 e. The Hall–Kier alpha value is -3.55. The van der Waals surface area contributed by atoms with Crippen LogP contribution in [-0.2, 0) is 14.4 Å². The summed E-state index contributed by atoms with van der Waals surface area (Å²) in [6.07, 6.45) is 0. The van der Waals surface area contributed by atoms with E-state index in [1.807, 2.05) is 36.4 Å². The molecular formula is C21H23N3O5. The van der Waals surface area contributed by atoms with Crippen molar-refractivity contribution in [1.82, 2.24) is 10.6 Å². The lowest BCUT2D eigenvalue weighted by atomic mass is 10.0. The van der Waals surface area contributed by atoms with Gasteiger partial charge >= 0.3 is 0 Å². The van der Waals surface area contributed by atoms with Gasteiger partial charge in [-0.2, -0.15) is 0 Å². The number of nitrogens with one attached hydrogen (secondary N) is 2. The van der Waals surface area contributed by atoms with Crippen LogP contribution in [0.2, 0.25) is 0 Å². The van der Waals surface area contributed by atoms with E-state index in [1.165, 1.54) is 6.92 Å². The van der Waals surface area contributed by atoms with Gasteiger partial charge in [0.15, 0.2) is 11.5 Å². The maximum Gasteiger partial charge on any atom is 0.253 e. The van der Waals surface area contributed by atoms with Crippen LogP contribution in [0.25, 0.3) is 0 Å². The second kappa shape index (κ2) is 9.09. The Kier molecular flexibility index (Phi) is 6.33. The summed E-state index contributed by atoms with van der Waals surface area (Å²) >= 11 is 0. The monoisotopic (exact) mass is 397 g/mol. The van der Waals surface area contributed by atoms with Crippen LogP contribution < -0.4 is 25.0 Å². The molecule has 1 atom stereocenters. The van der Waals surface area contributed by atoms with Crippen LogP contribution in [0.5, 0.6) is 11.5 Å². The predicted molar refractivity (Wildman–Crippen MR) is 107 cm³/mol.